The summed E-state index contributed by atoms with van der Waals surface area (Å²) in [5.74, 6) is 0.574. The first-order valence-corrected chi connectivity index (χ1v) is 6.53. The molecule has 3 heterocycles. The number of fused-ring (bicyclic) bond motifs is 1. The number of aryl methyl sites for hydroxylation is 1. The summed E-state index contributed by atoms with van der Waals surface area (Å²) in [4.78, 5) is 4.65. The third kappa shape index (κ3) is 2.23. The molecule has 1 unspecified atom stereocenters. The lowest BCUT2D eigenvalue weighted by Crippen LogP contribution is -2.16. The standard InChI is InChI=1S/C13H17N7/c1-8(14)2-3-10-4-12(15)20-13(19-10)11(7-18-20)9-5-16-17-6-9/h4-8H,2-3,14-15H2,1H3,(H,16,17). The van der Waals surface area contributed by atoms with Crippen LogP contribution in [0.3, 0.4) is 0 Å². The van der Waals surface area contributed by atoms with Crippen molar-refractivity contribution in [2.75, 3.05) is 5.73 Å². The van der Waals surface area contributed by atoms with Gasteiger partial charge in [-0.25, -0.2) is 4.98 Å². The molecular formula is C13H17N7. The van der Waals surface area contributed by atoms with E-state index in [2.05, 4.69) is 20.3 Å². The van der Waals surface area contributed by atoms with E-state index in [0.717, 1.165) is 35.3 Å². The van der Waals surface area contributed by atoms with Crippen molar-refractivity contribution < 1.29 is 0 Å². The number of aromatic amines is 1. The predicted molar refractivity (Wildman–Crippen MR) is 77.0 cm³/mol. The first kappa shape index (κ1) is 12.6. The van der Waals surface area contributed by atoms with Gasteiger partial charge >= 0.3 is 0 Å². The minimum Gasteiger partial charge on any atom is -0.384 e. The van der Waals surface area contributed by atoms with Gasteiger partial charge < -0.3 is 11.5 Å². The van der Waals surface area contributed by atoms with Gasteiger partial charge in [0.15, 0.2) is 5.65 Å². The van der Waals surface area contributed by atoms with Gasteiger partial charge in [-0.3, -0.25) is 5.10 Å². The van der Waals surface area contributed by atoms with Crippen LogP contribution >= 0.6 is 0 Å². The number of nitrogens with zero attached hydrogens (tertiary/aromatic N) is 4. The molecule has 0 amide bonds. The van der Waals surface area contributed by atoms with Gasteiger partial charge in [-0.05, 0) is 19.8 Å². The number of nitrogen functional groups attached to an aromatic ring is 1. The van der Waals surface area contributed by atoms with E-state index in [4.69, 9.17) is 11.5 Å². The summed E-state index contributed by atoms with van der Waals surface area (Å²) >= 11 is 0. The topological polar surface area (TPSA) is 111 Å². The fraction of sp³-hybridized carbons (Fsp3) is 0.308. The number of nitrogens with two attached hydrogens (primary N) is 2. The van der Waals surface area contributed by atoms with E-state index in [1.54, 1.807) is 16.9 Å². The number of anilines is 1. The zero-order chi connectivity index (χ0) is 14.1. The van der Waals surface area contributed by atoms with Crippen molar-refractivity contribution in [3.05, 3.63) is 30.4 Å². The zero-order valence-electron chi connectivity index (χ0n) is 11.2. The van der Waals surface area contributed by atoms with E-state index < -0.39 is 0 Å². The Balaban J connectivity index is 2.06. The molecule has 3 aromatic rings. The minimum absolute atomic E-state index is 0.146. The van der Waals surface area contributed by atoms with E-state index in [1.165, 1.54) is 0 Å². The van der Waals surface area contributed by atoms with E-state index >= 15 is 0 Å². The molecule has 0 saturated carbocycles. The van der Waals surface area contributed by atoms with Gasteiger partial charge in [0.2, 0.25) is 0 Å². The van der Waals surface area contributed by atoms with Crippen LogP contribution in [0, 0.1) is 0 Å². The SMILES string of the molecule is CC(N)CCc1cc(N)n2ncc(-c3cn[nH]c3)c2n1. The Morgan fingerprint density at radius 1 is 1.40 bits per heavy atom. The molecule has 20 heavy (non-hydrogen) atoms. The number of hydrogen-bond donors (Lipinski definition) is 3. The van der Waals surface area contributed by atoms with Gasteiger partial charge in [0.25, 0.3) is 0 Å². The number of rotatable bonds is 4. The Labute approximate surface area is 116 Å². The second kappa shape index (κ2) is 4.93. The van der Waals surface area contributed by atoms with Gasteiger partial charge in [-0.2, -0.15) is 14.7 Å². The van der Waals surface area contributed by atoms with Crippen LogP contribution in [-0.2, 0) is 6.42 Å². The van der Waals surface area contributed by atoms with Crippen molar-refractivity contribution in [2.24, 2.45) is 5.73 Å². The van der Waals surface area contributed by atoms with Crippen LogP contribution in [0.4, 0.5) is 5.82 Å². The molecule has 0 aliphatic carbocycles. The molecule has 0 radical (unpaired) electrons. The monoisotopic (exact) mass is 271 g/mol. The van der Waals surface area contributed by atoms with E-state index in [1.807, 2.05) is 19.2 Å². The van der Waals surface area contributed by atoms with Gasteiger partial charge in [0.05, 0.1) is 12.4 Å². The summed E-state index contributed by atoms with van der Waals surface area (Å²) in [6.07, 6.45) is 6.97. The highest BCUT2D eigenvalue weighted by atomic mass is 15.3. The Hall–Kier alpha value is -2.41. The third-order valence-electron chi connectivity index (χ3n) is 3.22. The number of nitrogens with one attached hydrogen (secondary N) is 1. The van der Waals surface area contributed by atoms with Crippen LogP contribution in [0.15, 0.2) is 24.7 Å². The van der Waals surface area contributed by atoms with Crippen molar-refractivity contribution in [2.45, 2.75) is 25.8 Å². The molecule has 7 heteroatoms. The summed E-state index contributed by atoms with van der Waals surface area (Å²) in [6, 6.07) is 1.99. The average Bonchev–Trinajstić information content (AvgIpc) is 3.04. The van der Waals surface area contributed by atoms with Gasteiger partial charge in [0, 0.05) is 35.1 Å². The molecule has 7 nitrogen and oxygen atoms in total. The molecule has 0 aliphatic heterocycles. The first-order valence-electron chi connectivity index (χ1n) is 6.53. The van der Waals surface area contributed by atoms with Crippen molar-refractivity contribution in [3.63, 3.8) is 0 Å². The van der Waals surface area contributed by atoms with E-state index in [-0.39, 0.29) is 6.04 Å². The zero-order valence-corrected chi connectivity index (χ0v) is 11.2. The van der Waals surface area contributed by atoms with Gasteiger partial charge in [0.1, 0.15) is 5.82 Å². The maximum atomic E-state index is 6.04. The average molecular weight is 271 g/mol. The van der Waals surface area contributed by atoms with Crippen molar-refractivity contribution in [1.82, 2.24) is 24.8 Å². The summed E-state index contributed by atoms with van der Waals surface area (Å²) < 4.78 is 1.64. The third-order valence-corrected chi connectivity index (χ3v) is 3.22. The van der Waals surface area contributed by atoms with Crippen LogP contribution in [0.5, 0.6) is 0 Å². The van der Waals surface area contributed by atoms with Crippen molar-refractivity contribution >= 4 is 11.5 Å². The summed E-state index contributed by atoms with van der Waals surface area (Å²) in [5, 5.41) is 11.0. The fourth-order valence-corrected chi connectivity index (χ4v) is 2.14. The van der Waals surface area contributed by atoms with Crippen molar-refractivity contribution in [1.29, 1.82) is 0 Å². The smallest absolute Gasteiger partial charge is 0.165 e. The molecule has 0 saturated heterocycles. The highest BCUT2D eigenvalue weighted by Crippen LogP contribution is 2.24. The Bertz CT molecular complexity index is 712. The second-order valence-electron chi connectivity index (χ2n) is 4.97. The lowest BCUT2D eigenvalue weighted by atomic mass is 10.1. The van der Waals surface area contributed by atoms with Crippen LogP contribution in [0.2, 0.25) is 0 Å². The Kier molecular flexibility index (Phi) is 3.11. The molecule has 3 aromatic heterocycles. The number of H-pyrrole nitrogens is 1. The van der Waals surface area contributed by atoms with Gasteiger partial charge in [-0.1, -0.05) is 0 Å². The summed E-state index contributed by atoms with van der Waals surface area (Å²) in [6.45, 7) is 1.98. The van der Waals surface area contributed by atoms with Crippen molar-refractivity contribution in [3.8, 4) is 11.1 Å². The lowest BCUT2D eigenvalue weighted by Gasteiger charge is -2.07. The molecule has 0 aliphatic rings. The van der Waals surface area contributed by atoms with Gasteiger partial charge in [-0.15, -0.1) is 0 Å². The Morgan fingerprint density at radius 3 is 2.95 bits per heavy atom. The van der Waals surface area contributed by atoms with E-state index in [9.17, 15) is 0 Å². The highest BCUT2D eigenvalue weighted by molar-refractivity contribution is 5.77. The van der Waals surface area contributed by atoms with Crippen LogP contribution in [0.25, 0.3) is 16.8 Å². The number of aromatic nitrogens is 5. The molecule has 0 aromatic carbocycles. The Morgan fingerprint density at radius 2 is 2.25 bits per heavy atom. The molecule has 104 valence electrons. The molecule has 1 atom stereocenters. The normalized spacial score (nSPS) is 12.9. The van der Waals surface area contributed by atoms with Crippen LogP contribution in [-0.4, -0.2) is 30.8 Å². The molecule has 0 fully saturated rings. The number of hydrogen-bond acceptors (Lipinski definition) is 5. The molecule has 0 spiro atoms. The summed E-state index contributed by atoms with van der Waals surface area (Å²) in [5.41, 5.74) is 15.3. The first-order chi connectivity index (χ1) is 9.65. The largest absolute Gasteiger partial charge is 0.384 e. The maximum absolute atomic E-state index is 6.04. The predicted octanol–water partition coefficient (Wildman–Crippen LogP) is 0.981. The lowest BCUT2D eigenvalue weighted by molar-refractivity contribution is 0.658. The molecule has 3 rings (SSSR count). The maximum Gasteiger partial charge on any atom is 0.165 e. The molecule has 0 bridgehead atoms. The molecule has 5 N–H and O–H groups in total. The van der Waals surface area contributed by atoms with Crippen LogP contribution < -0.4 is 11.5 Å². The summed E-state index contributed by atoms with van der Waals surface area (Å²) in [7, 11) is 0. The minimum atomic E-state index is 0.146. The van der Waals surface area contributed by atoms with E-state index in [0.29, 0.717) is 5.82 Å². The highest BCUT2D eigenvalue weighted by Gasteiger charge is 2.12. The quantitative estimate of drug-likeness (QED) is 0.655. The fourth-order valence-electron chi connectivity index (χ4n) is 2.14. The second-order valence-corrected chi connectivity index (χ2v) is 4.97. The molecular weight excluding hydrogens is 254 g/mol. The van der Waals surface area contributed by atoms with Crippen LogP contribution in [0.1, 0.15) is 19.0 Å².